The number of benzene rings is 2. The third-order valence-electron chi connectivity index (χ3n) is 3.32. The highest BCUT2D eigenvalue weighted by atomic mass is 32.2. The van der Waals surface area contributed by atoms with E-state index in [1.54, 1.807) is 12.1 Å². The van der Waals surface area contributed by atoms with Crippen LogP contribution in [0.15, 0.2) is 65.2 Å². The molecule has 0 saturated heterocycles. The minimum Gasteiger partial charge on any atom is -0.356 e. The quantitative estimate of drug-likeness (QED) is 0.717. The Balaban J connectivity index is 1.77. The Hall–Kier alpha value is -2.47. The van der Waals surface area contributed by atoms with Gasteiger partial charge in [0.2, 0.25) is 0 Å². The summed E-state index contributed by atoms with van der Waals surface area (Å²) in [5, 5.41) is 3.79. The van der Waals surface area contributed by atoms with Crippen molar-refractivity contribution in [2.24, 2.45) is 0 Å². The monoisotopic (exact) mass is 331 g/mol. The Morgan fingerprint density at radius 3 is 2.39 bits per heavy atom. The van der Waals surface area contributed by atoms with Crippen LogP contribution in [-0.4, -0.2) is 13.6 Å². The molecule has 6 heteroatoms. The number of hydrogen-bond donors (Lipinski definition) is 0. The summed E-state index contributed by atoms with van der Waals surface area (Å²) in [7, 11) is -3.54. The fourth-order valence-corrected chi connectivity index (χ4v) is 3.64. The highest BCUT2D eigenvalue weighted by Gasteiger charge is 2.18. The SMILES string of the molecule is O=S(=O)(Cc1cc(-c2ccccc2)on1)Cc1ccccc1F. The lowest BCUT2D eigenvalue weighted by molar-refractivity contribution is 0.425. The summed E-state index contributed by atoms with van der Waals surface area (Å²) < 4.78 is 43.2. The zero-order chi connectivity index (χ0) is 16.3. The number of sulfone groups is 1. The summed E-state index contributed by atoms with van der Waals surface area (Å²) in [5.41, 5.74) is 1.28. The molecule has 0 radical (unpaired) electrons. The highest BCUT2D eigenvalue weighted by Crippen LogP contribution is 2.21. The Kier molecular flexibility index (Phi) is 4.25. The lowest BCUT2D eigenvalue weighted by Gasteiger charge is -2.03. The van der Waals surface area contributed by atoms with E-state index in [0.29, 0.717) is 11.5 Å². The molecule has 1 heterocycles. The van der Waals surface area contributed by atoms with Gasteiger partial charge in [0.15, 0.2) is 15.6 Å². The molecule has 3 rings (SSSR count). The first-order valence-corrected chi connectivity index (χ1v) is 8.80. The van der Waals surface area contributed by atoms with Crippen LogP contribution in [0.3, 0.4) is 0 Å². The zero-order valence-electron chi connectivity index (χ0n) is 12.1. The van der Waals surface area contributed by atoms with Gasteiger partial charge in [0.05, 0.1) is 17.2 Å². The molecule has 2 aromatic carbocycles. The van der Waals surface area contributed by atoms with Gasteiger partial charge in [-0.2, -0.15) is 0 Å². The molecule has 0 N–H and O–H groups in total. The molecule has 23 heavy (non-hydrogen) atoms. The second-order valence-corrected chi connectivity index (χ2v) is 7.24. The van der Waals surface area contributed by atoms with Crippen molar-refractivity contribution in [2.45, 2.75) is 11.5 Å². The maximum Gasteiger partial charge on any atom is 0.167 e. The lowest BCUT2D eigenvalue weighted by atomic mass is 10.2. The van der Waals surface area contributed by atoms with Crippen molar-refractivity contribution in [3.63, 3.8) is 0 Å². The van der Waals surface area contributed by atoms with Crippen LogP contribution < -0.4 is 0 Å². The zero-order valence-corrected chi connectivity index (χ0v) is 13.0. The molecule has 0 atom stereocenters. The van der Waals surface area contributed by atoms with Crippen LogP contribution in [0.5, 0.6) is 0 Å². The van der Waals surface area contributed by atoms with Crippen molar-refractivity contribution in [1.82, 2.24) is 5.16 Å². The summed E-state index contributed by atoms with van der Waals surface area (Å²) in [6.07, 6.45) is 0. The fourth-order valence-electron chi connectivity index (χ4n) is 2.25. The van der Waals surface area contributed by atoms with Gasteiger partial charge in [-0.3, -0.25) is 0 Å². The molecule has 1 aromatic heterocycles. The van der Waals surface area contributed by atoms with Gasteiger partial charge < -0.3 is 4.52 Å². The van der Waals surface area contributed by atoms with Crippen molar-refractivity contribution in [3.05, 3.63) is 77.7 Å². The molecular formula is C17H14FNO3S. The largest absolute Gasteiger partial charge is 0.356 e. The minimum atomic E-state index is -3.54. The summed E-state index contributed by atoms with van der Waals surface area (Å²) in [6.45, 7) is 0. The first kappa shape index (κ1) is 15.4. The van der Waals surface area contributed by atoms with E-state index in [-0.39, 0.29) is 17.1 Å². The van der Waals surface area contributed by atoms with E-state index in [1.807, 2.05) is 30.3 Å². The molecule has 0 amide bonds. The van der Waals surface area contributed by atoms with Crippen LogP contribution in [0.4, 0.5) is 4.39 Å². The van der Waals surface area contributed by atoms with Crippen molar-refractivity contribution in [2.75, 3.05) is 0 Å². The molecule has 0 aliphatic carbocycles. The standard InChI is InChI=1S/C17H14FNO3S/c18-16-9-5-4-8-14(16)11-23(20,21)12-15-10-17(22-19-15)13-6-2-1-3-7-13/h1-10H,11-12H2. The smallest absolute Gasteiger partial charge is 0.167 e. The second kappa shape index (κ2) is 6.34. The minimum absolute atomic E-state index is 0.152. The molecule has 0 bridgehead atoms. The van der Waals surface area contributed by atoms with Crippen molar-refractivity contribution in [3.8, 4) is 11.3 Å². The predicted octanol–water partition coefficient (Wildman–Crippen LogP) is 3.60. The van der Waals surface area contributed by atoms with E-state index in [4.69, 9.17) is 4.52 Å². The number of halogens is 1. The molecule has 0 spiro atoms. The van der Waals surface area contributed by atoms with Gasteiger partial charge >= 0.3 is 0 Å². The first-order chi connectivity index (χ1) is 11.0. The summed E-state index contributed by atoms with van der Waals surface area (Å²) in [6, 6.07) is 16.7. The average Bonchev–Trinajstić information content (AvgIpc) is 2.98. The van der Waals surface area contributed by atoms with Gasteiger partial charge in [0, 0.05) is 17.2 Å². The highest BCUT2D eigenvalue weighted by molar-refractivity contribution is 7.89. The van der Waals surface area contributed by atoms with Crippen molar-refractivity contribution < 1.29 is 17.3 Å². The maximum atomic E-state index is 13.6. The van der Waals surface area contributed by atoms with E-state index >= 15 is 0 Å². The number of hydrogen-bond acceptors (Lipinski definition) is 4. The molecule has 4 nitrogen and oxygen atoms in total. The third kappa shape index (κ3) is 3.84. The van der Waals surface area contributed by atoms with E-state index in [9.17, 15) is 12.8 Å². The van der Waals surface area contributed by atoms with Crippen LogP contribution in [0, 0.1) is 5.82 Å². The summed E-state index contributed by atoms with van der Waals surface area (Å²) in [4.78, 5) is 0. The topological polar surface area (TPSA) is 60.2 Å². The average molecular weight is 331 g/mol. The van der Waals surface area contributed by atoms with Crippen LogP contribution in [0.25, 0.3) is 11.3 Å². The Bertz CT molecular complexity index is 904. The molecule has 0 aliphatic heterocycles. The van der Waals surface area contributed by atoms with Crippen LogP contribution in [-0.2, 0) is 21.3 Å². The Labute approximate surface area is 133 Å². The van der Waals surface area contributed by atoms with Crippen LogP contribution >= 0.6 is 0 Å². The van der Waals surface area contributed by atoms with Crippen LogP contribution in [0.1, 0.15) is 11.3 Å². The molecule has 0 unspecified atom stereocenters. The molecular weight excluding hydrogens is 317 g/mol. The van der Waals surface area contributed by atoms with Crippen molar-refractivity contribution >= 4 is 9.84 Å². The van der Waals surface area contributed by atoms with Crippen molar-refractivity contribution in [1.29, 1.82) is 0 Å². The third-order valence-corrected chi connectivity index (χ3v) is 4.80. The molecule has 118 valence electrons. The van der Waals surface area contributed by atoms with E-state index in [1.165, 1.54) is 18.2 Å². The fraction of sp³-hybridized carbons (Fsp3) is 0.118. The van der Waals surface area contributed by atoms with Crippen LogP contribution in [0.2, 0.25) is 0 Å². The van der Waals surface area contributed by atoms with Gasteiger partial charge in [-0.25, -0.2) is 12.8 Å². The molecule has 0 saturated carbocycles. The molecule has 0 aliphatic rings. The number of aromatic nitrogens is 1. The van der Waals surface area contributed by atoms with E-state index in [0.717, 1.165) is 5.56 Å². The van der Waals surface area contributed by atoms with Gasteiger partial charge in [-0.05, 0) is 6.07 Å². The number of nitrogens with zero attached hydrogens (tertiary/aromatic N) is 1. The summed E-state index contributed by atoms with van der Waals surface area (Å²) in [5.74, 6) is -0.687. The molecule has 0 fully saturated rings. The van der Waals surface area contributed by atoms with Gasteiger partial charge in [0.1, 0.15) is 5.82 Å². The molecule has 3 aromatic rings. The first-order valence-electron chi connectivity index (χ1n) is 6.98. The van der Waals surface area contributed by atoms with Gasteiger partial charge in [-0.15, -0.1) is 0 Å². The lowest BCUT2D eigenvalue weighted by Crippen LogP contribution is -2.09. The van der Waals surface area contributed by atoms with Gasteiger partial charge in [-0.1, -0.05) is 53.7 Å². The Morgan fingerprint density at radius 1 is 0.957 bits per heavy atom. The maximum absolute atomic E-state index is 13.6. The van der Waals surface area contributed by atoms with Gasteiger partial charge in [0.25, 0.3) is 0 Å². The number of rotatable bonds is 5. The Morgan fingerprint density at radius 2 is 1.65 bits per heavy atom. The van der Waals surface area contributed by atoms with E-state index in [2.05, 4.69) is 5.16 Å². The second-order valence-electron chi connectivity index (χ2n) is 5.17. The summed E-state index contributed by atoms with van der Waals surface area (Å²) >= 11 is 0. The van der Waals surface area contributed by atoms with E-state index < -0.39 is 15.7 Å². The predicted molar refractivity (Wildman–Crippen MR) is 84.7 cm³/mol. The normalized spacial score (nSPS) is 11.5.